The summed E-state index contributed by atoms with van der Waals surface area (Å²) in [4.78, 5) is 15.4. The second-order valence-corrected chi connectivity index (χ2v) is 17.4. The summed E-state index contributed by atoms with van der Waals surface area (Å²) < 4.78 is 4.00. The molecule has 0 saturated carbocycles. The van der Waals surface area contributed by atoms with Crippen molar-refractivity contribution >= 4 is 18.1 Å². The first-order valence-corrected chi connectivity index (χ1v) is 16.9. The molecule has 0 aliphatic heterocycles. The van der Waals surface area contributed by atoms with Crippen molar-refractivity contribution in [3.63, 3.8) is 0 Å². The van der Waals surface area contributed by atoms with E-state index >= 15 is 0 Å². The average Bonchev–Trinajstić information content (AvgIpc) is 2.87. The normalized spacial score (nSPS) is 14.1. The zero-order valence-corrected chi connectivity index (χ0v) is 31.5. The lowest BCUT2D eigenvalue weighted by Gasteiger charge is -2.52. The summed E-state index contributed by atoms with van der Waals surface area (Å²) in [5.74, 6) is 0. The van der Waals surface area contributed by atoms with Crippen molar-refractivity contribution in [2.75, 3.05) is 19.8 Å². The van der Waals surface area contributed by atoms with Gasteiger partial charge < -0.3 is 30.2 Å². The number of aliphatic hydroxyl groups excluding tert-OH is 3. The van der Waals surface area contributed by atoms with Crippen LogP contribution < -0.4 is 0 Å². The Morgan fingerprint density at radius 2 is 0.750 bits per heavy atom. The van der Waals surface area contributed by atoms with Gasteiger partial charge in [0.25, 0.3) is 0 Å². The van der Waals surface area contributed by atoms with Crippen molar-refractivity contribution in [1.29, 1.82) is 0 Å². The SMILES string of the molecule is Cc1cc(C(C)(C)C)c(C(O)(c2c(C(C)(C)C)cc(C)cc2C(C)(C)C)C(CO)(CO)CO)c(C(C)(C)C)c1.OPOPO. The third kappa shape index (κ3) is 8.68. The molecule has 0 aromatic heterocycles. The summed E-state index contributed by atoms with van der Waals surface area (Å²) in [6.07, 6.45) is 0. The van der Waals surface area contributed by atoms with Gasteiger partial charge >= 0.3 is 0 Å². The summed E-state index contributed by atoms with van der Waals surface area (Å²) in [5.41, 5.74) is 2.15. The molecule has 0 bridgehead atoms. The quantitative estimate of drug-likeness (QED) is 0.175. The van der Waals surface area contributed by atoms with Crippen LogP contribution in [0.2, 0.25) is 0 Å². The Morgan fingerprint density at radius 1 is 0.523 bits per heavy atom. The molecular formula is C35H60O7P2. The van der Waals surface area contributed by atoms with Gasteiger partial charge in [0, 0.05) is 0 Å². The van der Waals surface area contributed by atoms with Gasteiger partial charge in [-0.25, -0.2) is 0 Å². The highest BCUT2D eigenvalue weighted by Crippen LogP contribution is 2.55. The fourth-order valence-electron chi connectivity index (χ4n) is 5.89. The summed E-state index contributed by atoms with van der Waals surface area (Å²) in [7, 11) is -1.16. The van der Waals surface area contributed by atoms with E-state index in [2.05, 4.69) is 126 Å². The third-order valence-corrected chi connectivity index (χ3v) is 9.02. The first-order chi connectivity index (χ1) is 19.8. The van der Waals surface area contributed by atoms with Gasteiger partial charge in [0.05, 0.1) is 25.2 Å². The van der Waals surface area contributed by atoms with Crippen LogP contribution in [0.25, 0.3) is 0 Å². The Morgan fingerprint density at radius 3 is 0.886 bits per heavy atom. The first-order valence-electron chi connectivity index (χ1n) is 15.1. The molecule has 6 N–H and O–H groups in total. The van der Waals surface area contributed by atoms with E-state index in [4.69, 9.17) is 9.79 Å². The second kappa shape index (κ2) is 14.8. The van der Waals surface area contributed by atoms with E-state index in [-0.39, 0.29) is 21.7 Å². The van der Waals surface area contributed by atoms with E-state index in [9.17, 15) is 20.4 Å². The van der Waals surface area contributed by atoms with Crippen molar-refractivity contribution in [3.05, 3.63) is 68.8 Å². The molecule has 44 heavy (non-hydrogen) atoms. The summed E-state index contributed by atoms with van der Waals surface area (Å²) in [6, 6.07) is 8.48. The number of aryl methyl sites for hydroxylation is 2. The maximum atomic E-state index is 13.7. The number of benzene rings is 2. The van der Waals surface area contributed by atoms with Gasteiger partial charge in [0.2, 0.25) is 0 Å². The van der Waals surface area contributed by atoms with E-state index < -0.39 is 48.9 Å². The van der Waals surface area contributed by atoms with Gasteiger partial charge in [-0.15, -0.1) is 0 Å². The fraction of sp³-hybridized carbons (Fsp3) is 0.657. The standard InChI is InChI=1S/C35H56O4.H4O3P2/c1-22-15-24(30(3,4)5)28(25(16-22)31(6,7)8)35(39,34(19-36,20-37)21-38)29-26(32(9,10)11)17-23(2)18-27(29)33(12,13)14;1-4-3-5-2/h15-18,36-39H,19-21H2,1-14H3;1-2,4-5H. The van der Waals surface area contributed by atoms with Crippen LogP contribution >= 0.6 is 18.1 Å². The Kier molecular flexibility index (Phi) is 13.8. The monoisotopic (exact) mass is 654 g/mol. The smallest absolute Gasteiger partial charge is 0.158 e. The molecule has 0 aliphatic carbocycles. The van der Waals surface area contributed by atoms with Crippen molar-refractivity contribution < 1.29 is 34.5 Å². The van der Waals surface area contributed by atoms with Gasteiger partial charge in [-0.1, -0.05) is 118 Å². The molecule has 0 aliphatic rings. The van der Waals surface area contributed by atoms with Gasteiger partial charge in [-0.05, 0) is 68.9 Å². The van der Waals surface area contributed by atoms with Crippen LogP contribution in [-0.4, -0.2) is 50.0 Å². The van der Waals surface area contributed by atoms with Gasteiger partial charge in [-0.3, -0.25) is 4.31 Å². The average molecular weight is 655 g/mol. The molecule has 0 spiro atoms. The molecule has 7 nitrogen and oxygen atoms in total. The number of rotatable bonds is 8. The minimum absolute atomic E-state index is 0.379. The van der Waals surface area contributed by atoms with Gasteiger partial charge in [0.1, 0.15) is 5.60 Å². The Balaban J connectivity index is 0.00000178. The maximum Gasteiger partial charge on any atom is 0.158 e. The first kappa shape index (κ1) is 41.0. The largest absolute Gasteiger partial charge is 0.395 e. The number of hydrogen-bond acceptors (Lipinski definition) is 7. The molecule has 2 aromatic carbocycles. The van der Waals surface area contributed by atoms with Crippen LogP contribution in [0, 0.1) is 19.3 Å². The number of aliphatic hydroxyl groups is 4. The van der Waals surface area contributed by atoms with E-state index in [1.807, 2.05) is 0 Å². The maximum absolute atomic E-state index is 13.7. The van der Waals surface area contributed by atoms with E-state index in [1.165, 1.54) is 0 Å². The zero-order chi connectivity index (χ0) is 34.7. The van der Waals surface area contributed by atoms with Crippen molar-refractivity contribution in [3.8, 4) is 0 Å². The summed E-state index contributed by atoms with van der Waals surface area (Å²) in [5, 5.41) is 46.9. The third-order valence-electron chi connectivity index (χ3n) is 8.29. The molecule has 0 saturated heterocycles. The predicted octanol–water partition coefficient (Wildman–Crippen LogP) is 6.70. The van der Waals surface area contributed by atoms with Crippen molar-refractivity contribution in [1.82, 2.24) is 0 Å². The lowest BCUT2D eigenvalue weighted by atomic mass is 9.56. The van der Waals surface area contributed by atoms with Gasteiger partial charge in [-0.2, -0.15) is 0 Å². The minimum Gasteiger partial charge on any atom is -0.395 e. The highest BCUT2D eigenvalue weighted by molar-refractivity contribution is 7.39. The topological polar surface area (TPSA) is 131 Å². The molecular weight excluding hydrogens is 594 g/mol. The Bertz CT molecular complexity index is 1080. The van der Waals surface area contributed by atoms with Crippen molar-refractivity contribution in [2.24, 2.45) is 5.41 Å². The van der Waals surface area contributed by atoms with E-state index in [0.29, 0.717) is 11.1 Å². The summed E-state index contributed by atoms with van der Waals surface area (Å²) >= 11 is 0. The van der Waals surface area contributed by atoms with Crippen molar-refractivity contribution in [2.45, 2.75) is 124 Å². The van der Waals surface area contributed by atoms with E-state index in [0.717, 1.165) is 33.4 Å². The highest BCUT2D eigenvalue weighted by atomic mass is 31.2. The lowest BCUT2D eigenvalue weighted by Crippen LogP contribution is -2.57. The zero-order valence-electron chi connectivity index (χ0n) is 29.5. The van der Waals surface area contributed by atoms with E-state index in [1.54, 1.807) is 0 Å². The number of hydrogen-bond donors (Lipinski definition) is 6. The van der Waals surface area contributed by atoms with Crippen LogP contribution in [0.5, 0.6) is 0 Å². The Labute approximate surface area is 270 Å². The lowest BCUT2D eigenvalue weighted by molar-refractivity contribution is -0.138. The molecule has 2 rings (SSSR count). The molecule has 0 radical (unpaired) electrons. The summed E-state index contributed by atoms with van der Waals surface area (Å²) in [6.45, 7) is 27.9. The minimum atomic E-state index is -1.93. The molecule has 0 fully saturated rings. The van der Waals surface area contributed by atoms with Gasteiger partial charge in [0.15, 0.2) is 18.1 Å². The predicted molar refractivity (Wildman–Crippen MR) is 186 cm³/mol. The molecule has 0 amide bonds. The van der Waals surface area contributed by atoms with Crippen LogP contribution in [0.15, 0.2) is 24.3 Å². The molecule has 0 heterocycles. The molecule has 2 aromatic rings. The van der Waals surface area contributed by atoms with Crippen LogP contribution in [0.1, 0.15) is 128 Å². The van der Waals surface area contributed by atoms with Crippen LogP contribution in [0.3, 0.4) is 0 Å². The highest BCUT2D eigenvalue weighted by Gasteiger charge is 2.57. The fourth-order valence-corrected chi connectivity index (χ4v) is 6.05. The molecule has 9 heteroatoms. The van der Waals surface area contributed by atoms with Crippen LogP contribution in [0.4, 0.5) is 0 Å². The molecule has 252 valence electrons. The molecule has 2 unspecified atom stereocenters. The van der Waals surface area contributed by atoms with Crippen LogP contribution in [-0.2, 0) is 31.6 Å². The second-order valence-electron chi connectivity index (χ2n) is 16.2. The molecule has 2 atom stereocenters. The Hall–Kier alpha value is -0.980.